The Labute approximate surface area is 273 Å². The lowest BCUT2D eigenvalue weighted by Crippen LogP contribution is -2.54. The maximum atomic E-state index is 14.7. The largest absolute Gasteiger partial charge is 0.478 e. The first kappa shape index (κ1) is 35.3. The Morgan fingerprint density at radius 1 is 0.531 bits per heavy atom. The van der Waals surface area contributed by atoms with Crippen LogP contribution in [0.1, 0.15) is 63.7 Å². The van der Waals surface area contributed by atoms with Crippen LogP contribution < -0.4 is 10.6 Å². The van der Waals surface area contributed by atoms with Crippen LogP contribution in [0.3, 0.4) is 0 Å². The summed E-state index contributed by atoms with van der Waals surface area (Å²) >= 11 is 0. The van der Waals surface area contributed by atoms with Gasteiger partial charge >= 0.3 is 24.3 Å². The number of halogens is 6. The van der Waals surface area contributed by atoms with Gasteiger partial charge in [-0.1, -0.05) is 36.1 Å². The minimum Gasteiger partial charge on any atom is -0.478 e. The number of anilines is 2. The van der Waals surface area contributed by atoms with E-state index in [1.807, 2.05) is 0 Å². The summed E-state index contributed by atoms with van der Waals surface area (Å²) in [5, 5.41) is 23.3. The normalized spacial score (nSPS) is 11.5. The molecule has 0 atom stereocenters. The summed E-state index contributed by atoms with van der Waals surface area (Å²) in [7, 11) is 0. The number of hydrogen-bond acceptors (Lipinski definition) is 4. The SMILES string of the molecule is C#Cc1ccc(C(=O)O)c(C(=O)Nc2ccc(C(c3ccc(NC(=O)c4cc(C#C)ccc4C(=O)O)cc3)(C(F)(F)F)C(F)(F)F)cc2)c1. The predicted octanol–water partition coefficient (Wildman–Crippen LogP) is 6.96. The lowest BCUT2D eigenvalue weighted by atomic mass is 9.73. The van der Waals surface area contributed by atoms with Gasteiger partial charge in [0.15, 0.2) is 0 Å². The quantitative estimate of drug-likeness (QED) is 0.118. The first-order valence-corrected chi connectivity index (χ1v) is 13.6. The zero-order valence-electron chi connectivity index (χ0n) is 24.5. The number of amides is 2. The molecule has 4 N–H and O–H groups in total. The number of carbonyl (C=O) groups is 4. The first-order chi connectivity index (χ1) is 22.9. The standard InChI is InChI=1S/C35H20F6N2O6/c1-3-19-5-15-25(31(46)47)27(17-19)29(44)42-23-11-7-21(8-12-23)33(34(36,37)38,35(39,40)41)22-9-13-24(14-10-22)43-30(45)28-18-20(4-2)6-16-26(28)32(48)49/h1-2,5-18H,(H,42,44)(H,43,45)(H,46,47)(H,48,49). The summed E-state index contributed by atoms with van der Waals surface area (Å²) in [5.41, 5.74) is -9.11. The third kappa shape index (κ3) is 6.80. The van der Waals surface area contributed by atoms with Gasteiger partial charge in [-0.2, -0.15) is 26.3 Å². The summed E-state index contributed by atoms with van der Waals surface area (Å²) in [6, 6.07) is 12.0. The Balaban J connectivity index is 1.71. The van der Waals surface area contributed by atoms with Crippen LogP contribution in [0.5, 0.6) is 0 Å². The average molecular weight is 679 g/mol. The van der Waals surface area contributed by atoms with Crippen molar-refractivity contribution in [1.29, 1.82) is 0 Å². The number of rotatable bonds is 8. The van der Waals surface area contributed by atoms with Crippen LogP contribution in [-0.4, -0.2) is 46.3 Å². The van der Waals surface area contributed by atoms with Gasteiger partial charge in [0.2, 0.25) is 5.41 Å². The predicted molar refractivity (Wildman–Crippen MR) is 164 cm³/mol. The highest BCUT2D eigenvalue weighted by Gasteiger charge is 2.72. The summed E-state index contributed by atoms with van der Waals surface area (Å²) < 4.78 is 88.1. The van der Waals surface area contributed by atoms with E-state index < -0.39 is 74.9 Å². The molecule has 0 saturated carbocycles. The van der Waals surface area contributed by atoms with E-state index in [2.05, 4.69) is 22.5 Å². The van der Waals surface area contributed by atoms with Gasteiger partial charge < -0.3 is 20.8 Å². The fourth-order valence-electron chi connectivity index (χ4n) is 5.00. The van der Waals surface area contributed by atoms with Crippen molar-refractivity contribution in [2.24, 2.45) is 0 Å². The number of carboxylic acids is 2. The van der Waals surface area contributed by atoms with E-state index in [-0.39, 0.29) is 22.5 Å². The van der Waals surface area contributed by atoms with Crippen molar-refractivity contribution in [1.82, 2.24) is 0 Å². The van der Waals surface area contributed by atoms with Gasteiger partial charge in [0.1, 0.15) is 0 Å². The van der Waals surface area contributed by atoms with E-state index in [1.165, 1.54) is 12.1 Å². The van der Waals surface area contributed by atoms with Crippen molar-refractivity contribution in [3.8, 4) is 24.7 Å². The van der Waals surface area contributed by atoms with Crippen LogP contribution in [0.2, 0.25) is 0 Å². The Kier molecular flexibility index (Phi) is 9.58. The number of benzene rings is 4. The third-order valence-corrected chi connectivity index (χ3v) is 7.32. The highest BCUT2D eigenvalue weighted by atomic mass is 19.4. The summed E-state index contributed by atoms with van der Waals surface area (Å²) in [6.45, 7) is 0. The molecule has 0 aliphatic heterocycles. The molecule has 14 heteroatoms. The Morgan fingerprint density at radius 2 is 0.857 bits per heavy atom. The second-order valence-electron chi connectivity index (χ2n) is 10.2. The minimum absolute atomic E-state index is 0.138. The topological polar surface area (TPSA) is 133 Å². The van der Waals surface area contributed by atoms with Crippen LogP contribution in [0.4, 0.5) is 37.7 Å². The fraction of sp³-hybridized carbons (Fsp3) is 0.0857. The minimum atomic E-state index is -5.97. The van der Waals surface area contributed by atoms with Gasteiger partial charge in [-0.25, -0.2) is 9.59 Å². The number of aromatic carboxylic acids is 2. The Morgan fingerprint density at radius 3 is 1.12 bits per heavy atom. The number of hydrogen-bond donors (Lipinski definition) is 4. The maximum absolute atomic E-state index is 14.7. The van der Waals surface area contributed by atoms with E-state index in [0.29, 0.717) is 24.3 Å². The van der Waals surface area contributed by atoms with Crippen molar-refractivity contribution in [3.05, 3.63) is 129 Å². The molecule has 0 radical (unpaired) electrons. The van der Waals surface area contributed by atoms with E-state index in [4.69, 9.17) is 12.8 Å². The molecule has 4 rings (SSSR count). The maximum Gasteiger partial charge on any atom is 0.411 e. The molecule has 4 aromatic carbocycles. The molecule has 0 aliphatic carbocycles. The molecule has 8 nitrogen and oxygen atoms in total. The second-order valence-corrected chi connectivity index (χ2v) is 10.2. The zero-order chi connectivity index (χ0) is 36.3. The summed E-state index contributed by atoms with van der Waals surface area (Å²) in [5.74, 6) is -0.628. The Bertz CT molecular complexity index is 1910. The van der Waals surface area contributed by atoms with Gasteiger partial charge in [-0.05, 0) is 71.8 Å². The molecular weight excluding hydrogens is 658 g/mol. The number of alkyl halides is 6. The van der Waals surface area contributed by atoms with Gasteiger partial charge in [-0.15, -0.1) is 12.8 Å². The molecular formula is C35H20F6N2O6. The van der Waals surface area contributed by atoms with Gasteiger partial charge in [-0.3, -0.25) is 9.59 Å². The van der Waals surface area contributed by atoms with E-state index in [0.717, 1.165) is 48.5 Å². The zero-order valence-corrected chi connectivity index (χ0v) is 24.5. The molecule has 0 spiro atoms. The molecule has 248 valence electrons. The highest BCUT2D eigenvalue weighted by Crippen LogP contribution is 2.56. The van der Waals surface area contributed by atoms with Gasteiger partial charge in [0, 0.05) is 22.5 Å². The number of carboxylic acid groups (broad SMARTS) is 2. The fourth-order valence-corrected chi connectivity index (χ4v) is 5.00. The lowest BCUT2D eigenvalue weighted by Gasteiger charge is -2.38. The molecule has 0 saturated heterocycles. The van der Waals surface area contributed by atoms with Gasteiger partial charge in [0.25, 0.3) is 11.8 Å². The van der Waals surface area contributed by atoms with E-state index >= 15 is 0 Å². The first-order valence-electron chi connectivity index (χ1n) is 13.6. The monoisotopic (exact) mass is 678 g/mol. The molecule has 49 heavy (non-hydrogen) atoms. The van der Waals surface area contributed by atoms with E-state index in [1.54, 1.807) is 0 Å². The molecule has 4 aromatic rings. The van der Waals surface area contributed by atoms with E-state index in [9.17, 15) is 55.7 Å². The van der Waals surface area contributed by atoms with Crippen LogP contribution in [-0.2, 0) is 5.41 Å². The lowest BCUT2D eigenvalue weighted by molar-refractivity contribution is -0.288. The average Bonchev–Trinajstić information content (AvgIpc) is 3.04. The molecule has 0 fully saturated rings. The molecule has 0 aliphatic rings. The van der Waals surface area contributed by atoms with Crippen LogP contribution in [0.15, 0.2) is 84.9 Å². The number of carbonyl (C=O) groups excluding carboxylic acids is 2. The third-order valence-electron chi connectivity index (χ3n) is 7.32. The highest BCUT2D eigenvalue weighted by molar-refractivity contribution is 6.11. The molecule has 0 heterocycles. The van der Waals surface area contributed by atoms with Crippen molar-refractivity contribution >= 4 is 35.1 Å². The number of terminal acetylenes is 2. The molecule has 0 unspecified atom stereocenters. The second kappa shape index (κ2) is 13.3. The van der Waals surface area contributed by atoms with Crippen molar-refractivity contribution in [2.75, 3.05) is 10.6 Å². The summed E-state index contributed by atoms with van der Waals surface area (Å²) in [4.78, 5) is 48.8. The van der Waals surface area contributed by atoms with Gasteiger partial charge in [0.05, 0.1) is 22.3 Å². The Hall–Kier alpha value is -6.54. The molecule has 2 amide bonds. The van der Waals surface area contributed by atoms with Crippen molar-refractivity contribution < 1.29 is 55.7 Å². The van der Waals surface area contributed by atoms with Crippen LogP contribution in [0.25, 0.3) is 0 Å². The van der Waals surface area contributed by atoms with Crippen LogP contribution >= 0.6 is 0 Å². The molecule has 0 bridgehead atoms. The smallest absolute Gasteiger partial charge is 0.411 e. The summed E-state index contributed by atoms with van der Waals surface area (Å²) in [6.07, 6.45) is -1.36. The van der Waals surface area contributed by atoms with Crippen molar-refractivity contribution in [2.45, 2.75) is 17.8 Å². The number of nitrogens with one attached hydrogen (secondary N) is 2. The van der Waals surface area contributed by atoms with Crippen molar-refractivity contribution in [3.63, 3.8) is 0 Å². The molecule has 0 aromatic heterocycles. The van der Waals surface area contributed by atoms with Crippen LogP contribution in [0, 0.1) is 24.7 Å².